The summed E-state index contributed by atoms with van der Waals surface area (Å²) >= 11 is 0. The fourth-order valence-electron chi connectivity index (χ4n) is 1.43. The van der Waals surface area contributed by atoms with Gasteiger partial charge in [0.25, 0.3) is 0 Å². The van der Waals surface area contributed by atoms with Crippen molar-refractivity contribution in [1.29, 1.82) is 0 Å². The lowest BCUT2D eigenvalue weighted by Gasteiger charge is -2.03. The minimum atomic E-state index is 0.704. The number of nitrogens with one attached hydrogen (secondary N) is 1. The Morgan fingerprint density at radius 1 is 1.31 bits per heavy atom. The maximum absolute atomic E-state index is 5.56. The van der Waals surface area contributed by atoms with Gasteiger partial charge in [0, 0.05) is 30.8 Å². The van der Waals surface area contributed by atoms with Crippen molar-refractivity contribution in [3.8, 4) is 0 Å². The summed E-state index contributed by atoms with van der Waals surface area (Å²) in [6, 6.07) is 5.78. The van der Waals surface area contributed by atoms with Crippen LogP contribution < -0.4 is 11.1 Å². The zero-order valence-corrected chi connectivity index (χ0v) is 9.02. The standard InChI is InChI=1S/C12H15N3O/c13-11-1-2-12(15-8-11)3-5-14-7-10-4-6-16-9-10/h1-2,4,6,8-9,14H,3,5,7,13H2. The van der Waals surface area contributed by atoms with Crippen LogP contribution in [0.4, 0.5) is 5.69 Å². The molecule has 0 fully saturated rings. The predicted octanol–water partition coefficient (Wildman–Crippen LogP) is 1.59. The number of anilines is 1. The molecule has 0 saturated heterocycles. The number of hydrogen-bond acceptors (Lipinski definition) is 4. The minimum absolute atomic E-state index is 0.704. The first-order valence-corrected chi connectivity index (χ1v) is 5.27. The van der Waals surface area contributed by atoms with Gasteiger partial charge in [-0.15, -0.1) is 0 Å². The van der Waals surface area contributed by atoms with Crippen molar-refractivity contribution in [2.45, 2.75) is 13.0 Å². The molecule has 2 rings (SSSR count). The topological polar surface area (TPSA) is 64.1 Å². The van der Waals surface area contributed by atoms with Gasteiger partial charge in [-0.3, -0.25) is 4.98 Å². The van der Waals surface area contributed by atoms with E-state index in [1.165, 1.54) is 0 Å². The average molecular weight is 217 g/mol. The SMILES string of the molecule is Nc1ccc(CCNCc2ccoc2)nc1. The monoisotopic (exact) mass is 217 g/mol. The molecule has 2 heterocycles. The van der Waals surface area contributed by atoms with E-state index in [1.54, 1.807) is 18.7 Å². The molecule has 4 heteroatoms. The van der Waals surface area contributed by atoms with Crippen molar-refractivity contribution in [2.24, 2.45) is 0 Å². The number of nitrogens with two attached hydrogens (primary N) is 1. The van der Waals surface area contributed by atoms with E-state index >= 15 is 0 Å². The summed E-state index contributed by atoms with van der Waals surface area (Å²) in [5.41, 5.74) is 8.47. The minimum Gasteiger partial charge on any atom is -0.472 e. The van der Waals surface area contributed by atoms with Gasteiger partial charge in [0.15, 0.2) is 0 Å². The Kier molecular flexibility index (Phi) is 3.56. The third kappa shape index (κ3) is 3.10. The molecule has 0 unspecified atom stereocenters. The smallest absolute Gasteiger partial charge is 0.0947 e. The molecule has 0 aromatic carbocycles. The van der Waals surface area contributed by atoms with E-state index in [9.17, 15) is 0 Å². The maximum atomic E-state index is 5.56. The van der Waals surface area contributed by atoms with Crippen LogP contribution in [0.25, 0.3) is 0 Å². The molecule has 0 atom stereocenters. The lowest BCUT2D eigenvalue weighted by atomic mass is 10.2. The Bertz CT molecular complexity index is 408. The number of hydrogen-bond donors (Lipinski definition) is 2. The Balaban J connectivity index is 1.70. The number of rotatable bonds is 5. The van der Waals surface area contributed by atoms with Crippen LogP contribution in [0.5, 0.6) is 0 Å². The summed E-state index contributed by atoms with van der Waals surface area (Å²) < 4.78 is 4.98. The van der Waals surface area contributed by atoms with Gasteiger partial charge in [0.1, 0.15) is 0 Å². The highest BCUT2D eigenvalue weighted by atomic mass is 16.3. The summed E-state index contributed by atoms with van der Waals surface area (Å²) in [6.45, 7) is 1.72. The van der Waals surface area contributed by atoms with E-state index in [1.807, 2.05) is 18.2 Å². The molecule has 0 aliphatic carbocycles. The van der Waals surface area contributed by atoms with E-state index < -0.39 is 0 Å². The molecule has 0 bridgehead atoms. The Hall–Kier alpha value is -1.81. The first-order valence-electron chi connectivity index (χ1n) is 5.27. The van der Waals surface area contributed by atoms with Gasteiger partial charge in [0.2, 0.25) is 0 Å². The van der Waals surface area contributed by atoms with Crippen LogP contribution in [0.15, 0.2) is 41.3 Å². The molecule has 0 aliphatic rings. The van der Waals surface area contributed by atoms with Gasteiger partial charge < -0.3 is 15.5 Å². The Morgan fingerprint density at radius 2 is 2.25 bits per heavy atom. The molecular weight excluding hydrogens is 202 g/mol. The molecular formula is C12H15N3O. The molecule has 4 nitrogen and oxygen atoms in total. The van der Waals surface area contributed by atoms with Crippen LogP contribution in [0.1, 0.15) is 11.3 Å². The fraction of sp³-hybridized carbons (Fsp3) is 0.250. The molecule has 16 heavy (non-hydrogen) atoms. The van der Waals surface area contributed by atoms with Crippen LogP contribution >= 0.6 is 0 Å². The predicted molar refractivity (Wildman–Crippen MR) is 62.8 cm³/mol. The Labute approximate surface area is 94.5 Å². The normalized spacial score (nSPS) is 10.5. The van der Waals surface area contributed by atoms with Crippen molar-refractivity contribution in [2.75, 3.05) is 12.3 Å². The van der Waals surface area contributed by atoms with E-state index in [0.29, 0.717) is 5.69 Å². The first kappa shape index (κ1) is 10.7. The molecule has 0 amide bonds. The Morgan fingerprint density at radius 3 is 2.94 bits per heavy atom. The molecule has 0 radical (unpaired) electrons. The van der Waals surface area contributed by atoms with Crippen molar-refractivity contribution in [1.82, 2.24) is 10.3 Å². The number of aromatic nitrogens is 1. The number of pyridine rings is 1. The first-order chi connectivity index (χ1) is 7.84. The van der Waals surface area contributed by atoms with E-state index in [4.69, 9.17) is 10.2 Å². The lowest BCUT2D eigenvalue weighted by molar-refractivity contribution is 0.560. The third-order valence-electron chi connectivity index (χ3n) is 2.31. The second-order valence-corrected chi connectivity index (χ2v) is 3.64. The number of nitrogens with zero attached hydrogens (tertiary/aromatic N) is 1. The maximum Gasteiger partial charge on any atom is 0.0947 e. The summed E-state index contributed by atoms with van der Waals surface area (Å²) in [4.78, 5) is 4.23. The molecule has 2 aromatic rings. The van der Waals surface area contributed by atoms with Gasteiger partial charge in [-0.2, -0.15) is 0 Å². The van der Waals surface area contributed by atoms with Gasteiger partial charge >= 0.3 is 0 Å². The average Bonchev–Trinajstić information content (AvgIpc) is 2.80. The van der Waals surface area contributed by atoms with Crippen LogP contribution in [-0.2, 0) is 13.0 Å². The highest BCUT2D eigenvalue weighted by molar-refractivity contribution is 5.34. The van der Waals surface area contributed by atoms with Gasteiger partial charge in [0.05, 0.1) is 24.4 Å². The summed E-state index contributed by atoms with van der Waals surface area (Å²) in [7, 11) is 0. The quantitative estimate of drug-likeness (QED) is 0.746. The van der Waals surface area contributed by atoms with Crippen molar-refractivity contribution in [3.05, 3.63) is 48.2 Å². The second-order valence-electron chi connectivity index (χ2n) is 3.64. The zero-order valence-electron chi connectivity index (χ0n) is 9.02. The molecule has 2 aromatic heterocycles. The van der Waals surface area contributed by atoms with E-state index in [0.717, 1.165) is 30.8 Å². The van der Waals surface area contributed by atoms with Gasteiger partial charge in [-0.05, 0) is 18.2 Å². The molecule has 0 spiro atoms. The van der Waals surface area contributed by atoms with Crippen LogP contribution in [-0.4, -0.2) is 11.5 Å². The third-order valence-corrected chi connectivity index (χ3v) is 2.31. The zero-order chi connectivity index (χ0) is 11.2. The van der Waals surface area contributed by atoms with E-state index in [2.05, 4.69) is 10.3 Å². The van der Waals surface area contributed by atoms with Crippen molar-refractivity contribution in [3.63, 3.8) is 0 Å². The van der Waals surface area contributed by atoms with Crippen LogP contribution in [0.2, 0.25) is 0 Å². The van der Waals surface area contributed by atoms with Crippen molar-refractivity contribution < 1.29 is 4.42 Å². The number of nitrogen functional groups attached to an aromatic ring is 1. The fourth-order valence-corrected chi connectivity index (χ4v) is 1.43. The highest BCUT2D eigenvalue weighted by Gasteiger charge is 1.96. The molecule has 0 aliphatic heterocycles. The van der Waals surface area contributed by atoms with Crippen LogP contribution in [0, 0.1) is 0 Å². The highest BCUT2D eigenvalue weighted by Crippen LogP contribution is 2.02. The number of furan rings is 1. The molecule has 3 N–H and O–H groups in total. The van der Waals surface area contributed by atoms with Gasteiger partial charge in [-0.25, -0.2) is 0 Å². The van der Waals surface area contributed by atoms with Crippen LogP contribution in [0.3, 0.4) is 0 Å². The second kappa shape index (κ2) is 5.32. The van der Waals surface area contributed by atoms with Crippen molar-refractivity contribution >= 4 is 5.69 Å². The summed E-state index contributed by atoms with van der Waals surface area (Å²) in [6.07, 6.45) is 6.01. The summed E-state index contributed by atoms with van der Waals surface area (Å²) in [5, 5.41) is 3.32. The lowest BCUT2D eigenvalue weighted by Crippen LogP contribution is -2.16. The van der Waals surface area contributed by atoms with E-state index in [-0.39, 0.29) is 0 Å². The molecule has 84 valence electrons. The largest absolute Gasteiger partial charge is 0.472 e. The van der Waals surface area contributed by atoms with Gasteiger partial charge in [-0.1, -0.05) is 0 Å². The summed E-state index contributed by atoms with van der Waals surface area (Å²) in [5.74, 6) is 0. The molecule has 0 saturated carbocycles.